The van der Waals surface area contributed by atoms with Gasteiger partial charge in [-0.25, -0.2) is 0 Å². The van der Waals surface area contributed by atoms with Crippen molar-refractivity contribution in [3.63, 3.8) is 0 Å². The summed E-state index contributed by atoms with van der Waals surface area (Å²) in [4.78, 5) is 0. The molecule has 0 spiro atoms. The lowest BCUT2D eigenvalue weighted by Gasteiger charge is -2.20. The largest absolute Gasteiger partial charge is 0.394 e. The standard InChI is InChI=1S/C11H24O3.C10H22O2/c1-3-5-6-7-8-14-11(4-2)10(13)9-12;1-2-3-4-5-6-7-8-10(12)9-11/h10-13H,3-9H2,1-2H3;10-12H,2-9H2,1H3. The van der Waals surface area contributed by atoms with Crippen LogP contribution in [0.15, 0.2) is 0 Å². The summed E-state index contributed by atoms with van der Waals surface area (Å²) in [6.45, 7) is 6.72. The Bertz CT molecular complexity index is 251. The Kier molecular flexibility index (Phi) is 24.6. The molecule has 0 rings (SSSR count). The zero-order valence-electron chi connectivity index (χ0n) is 17.5. The van der Waals surface area contributed by atoms with Gasteiger partial charge in [0.05, 0.1) is 25.4 Å². The van der Waals surface area contributed by atoms with Crippen molar-refractivity contribution in [3.05, 3.63) is 0 Å². The van der Waals surface area contributed by atoms with Gasteiger partial charge in [0.15, 0.2) is 0 Å². The van der Waals surface area contributed by atoms with Crippen LogP contribution in [-0.4, -0.2) is 58.6 Å². The van der Waals surface area contributed by atoms with E-state index in [1.807, 2.05) is 6.92 Å². The Morgan fingerprint density at radius 1 is 0.692 bits per heavy atom. The summed E-state index contributed by atoms with van der Waals surface area (Å²) in [5.41, 5.74) is 0. The second-order valence-corrected chi connectivity index (χ2v) is 7.02. The van der Waals surface area contributed by atoms with E-state index in [4.69, 9.17) is 20.1 Å². The Morgan fingerprint density at radius 2 is 1.23 bits per heavy atom. The highest BCUT2D eigenvalue weighted by molar-refractivity contribution is 4.65. The molecular formula is C21H46O5. The van der Waals surface area contributed by atoms with Gasteiger partial charge in [-0.15, -0.1) is 0 Å². The fraction of sp³-hybridized carbons (Fsp3) is 1.00. The van der Waals surface area contributed by atoms with Gasteiger partial charge in [0.2, 0.25) is 0 Å². The van der Waals surface area contributed by atoms with Gasteiger partial charge in [0.1, 0.15) is 6.10 Å². The van der Waals surface area contributed by atoms with E-state index >= 15 is 0 Å². The van der Waals surface area contributed by atoms with Gasteiger partial charge >= 0.3 is 0 Å². The molecule has 5 nitrogen and oxygen atoms in total. The number of unbranched alkanes of at least 4 members (excludes halogenated alkanes) is 8. The van der Waals surface area contributed by atoms with Gasteiger partial charge in [0.25, 0.3) is 0 Å². The lowest BCUT2D eigenvalue weighted by atomic mass is 10.1. The molecule has 3 unspecified atom stereocenters. The Hall–Kier alpha value is -0.200. The minimum atomic E-state index is -0.730. The Morgan fingerprint density at radius 3 is 1.73 bits per heavy atom. The van der Waals surface area contributed by atoms with Crippen LogP contribution in [0.5, 0.6) is 0 Å². The predicted octanol–water partition coefficient (Wildman–Crippen LogP) is 3.81. The number of hydrogen-bond acceptors (Lipinski definition) is 5. The van der Waals surface area contributed by atoms with Crippen molar-refractivity contribution in [2.45, 2.75) is 116 Å². The van der Waals surface area contributed by atoms with E-state index in [9.17, 15) is 5.11 Å². The third kappa shape index (κ3) is 20.1. The summed E-state index contributed by atoms with van der Waals surface area (Å²) in [7, 11) is 0. The van der Waals surface area contributed by atoms with Crippen LogP contribution in [0.3, 0.4) is 0 Å². The van der Waals surface area contributed by atoms with Crippen LogP contribution >= 0.6 is 0 Å². The molecule has 26 heavy (non-hydrogen) atoms. The maximum Gasteiger partial charge on any atom is 0.103 e. The molecule has 0 radical (unpaired) electrons. The van der Waals surface area contributed by atoms with Crippen LogP contribution in [0.2, 0.25) is 0 Å². The van der Waals surface area contributed by atoms with E-state index in [0.29, 0.717) is 6.61 Å². The normalized spacial score (nSPS) is 14.4. The van der Waals surface area contributed by atoms with Crippen molar-refractivity contribution in [1.82, 2.24) is 0 Å². The van der Waals surface area contributed by atoms with E-state index in [1.165, 1.54) is 51.4 Å². The highest BCUT2D eigenvalue weighted by atomic mass is 16.5. The van der Waals surface area contributed by atoms with E-state index in [1.54, 1.807) is 0 Å². The maximum atomic E-state index is 9.35. The molecule has 160 valence electrons. The second kappa shape index (κ2) is 22.8. The van der Waals surface area contributed by atoms with Crippen LogP contribution < -0.4 is 0 Å². The molecule has 0 aromatic heterocycles. The second-order valence-electron chi connectivity index (χ2n) is 7.02. The van der Waals surface area contributed by atoms with Gasteiger partial charge in [-0.05, 0) is 19.3 Å². The van der Waals surface area contributed by atoms with Crippen molar-refractivity contribution in [3.8, 4) is 0 Å². The van der Waals surface area contributed by atoms with Crippen molar-refractivity contribution in [2.24, 2.45) is 0 Å². The maximum absolute atomic E-state index is 9.35. The monoisotopic (exact) mass is 378 g/mol. The molecule has 0 aliphatic heterocycles. The third-order valence-electron chi connectivity index (χ3n) is 4.45. The molecule has 0 bridgehead atoms. The van der Waals surface area contributed by atoms with E-state index in [-0.39, 0.29) is 19.3 Å². The molecule has 0 saturated carbocycles. The van der Waals surface area contributed by atoms with Crippen molar-refractivity contribution in [2.75, 3.05) is 19.8 Å². The molecule has 0 heterocycles. The van der Waals surface area contributed by atoms with Gasteiger partial charge in [-0.1, -0.05) is 78.6 Å². The SMILES string of the molecule is CCCCCCCCC(O)CO.CCCCCCOC(CC)C(O)CO. The number of aliphatic hydroxyl groups is 4. The molecule has 0 aliphatic carbocycles. The first-order valence-electron chi connectivity index (χ1n) is 10.8. The first-order valence-corrected chi connectivity index (χ1v) is 10.8. The lowest BCUT2D eigenvalue weighted by Crippen LogP contribution is -2.31. The number of hydrogen-bond donors (Lipinski definition) is 4. The first-order chi connectivity index (χ1) is 12.6. The van der Waals surface area contributed by atoms with E-state index < -0.39 is 12.2 Å². The zero-order valence-corrected chi connectivity index (χ0v) is 17.5. The minimum Gasteiger partial charge on any atom is -0.394 e. The van der Waals surface area contributed by atoms with Crippen LogP contribution in [0, 0.1) is 0 Å². The summed E-state index contributed by atoms with van der Waals surface area (Å²) >= 11 is 0. The summed E-state index contributed by atoms with van der Waals surface area (Å²) < 4.78 is 5.48. The summed E-state index contributed by atoms with van der Waals surface area (Å²) in [5, 5.41) is 35.6. The Balaban J connectivity index is 0. The van der Waals surface area contributed by atoms with Crippen LogP contribution in [-0.2, 0) is 4.74 Å². The fourth-order valence-electron chi connectivity index (χ4n) is 2.63. The average molecular weight is 379 g/mol. The van der Waals surface area contributed by atoms with E-state index in [0.717, 1.165) is 25.7 Å². The van der Waals surface area contributed by atoms with Crippen molar-refractivity contribution >= 4 is 0 Å². The smallest absolute Gasteiger partial charge is 0.103 e. The highest BCUT2D eigenvalue weighted by Crippen LogP contribution is 2.08. The summed E-state index contributed by atoms with van der Waals surface area (Å²) in [6, 6.07) is 0. The van der Waals surface area contributed by atoms with Crippen molar-refractivity contribution < 1.29 is 25.2 Å². The summed E-state index contributed by atoms with van der Waals surface area (Å²) in [6.07, 6.45) is 12.2. The van der Waals surface area contributed by atoms with Gasteiger partial charge < -0.3 is 25.2 Å². The van der Waals surface area contributed by atoms with Crippen molar-refractivity contribution in [1.29, 1.82) is 0 Å². The van der Waals surface area contributed by atoms with Crippen LogP contribution in [0.25, 0.3) is 0 Å². The molecule has 3 atom stereocenters. The molecular weight excluding hydrogens is 332 g/mol. The van der Waals surface area contributed by atoms with Crippen LogP contribution in [0.1, 0.15) is 97.8 Å². The molecule has 0 amide bonds. The quantitative estimate of drug-likeness (QED) is 0.289. The molecule has 0 aliphatic rings. The summed E-state index contributed by atoms with van der Waals surface area (Å²) in [5.74, 6) is 0. The minimum absolute atomic E-state index is 0.0883. The van der Waals surface area contributed by atoms with Gasteiger partial charge in [-0.3, -0.25) is 0 Å². The number of ether oxygens (including phenoxy) is 1. The molecule has 0 fully saturated rings. The topological polar surface area (TPSA) is 90.2 Å². The lowest BCUT2D eigenvalue weighted by molar-refractivity contribution is -0.0598. The molecule has 0 aromatic rings. The van der Waals surface area contributed by atoms with E-state index in [2.05, 4.69) is 13.8 Å². The molecule has 0 saturated heterocycles. The predicted molar refractivity (Wildman–Crippen MR) is 108 cm³/mol. The van der Waals surface area contributed by atoms with Gasteiger partial charge in [0, 0.05) is 6.61 Å². The molecule has 4 N–H and O–H groups in total. The number of rotatable bonds is 17. The van der Waals surface area contributed by atoms with Gasteiger partial charge in [-0.2, -0.15) is 0 Å². The number of aliphatic hydroxyl groups excluding tert-OH is 4. The molecule has 5 heteroatoms. The Labute approximate surface area is 161 Å². The first kappa shape index (κ1) is 28.0. The molecule has 0 aromatic carbocycles. The fourth-order valence-corrected chi connectivity index (χ4v) is 2.63. The zero-order chi connectivity index (χ0) is 20.0. The average Bonchev–Trinajstić information content (AvgIpc) is 2.67. The third-order valence-corrected chi connectivity index (χ3v) is 4.45. The van der Waals surface area contributed by atoms with Crippen LogP contribution in [0.4, 0.5) is 0 Å². The highest BCUT2D eigenvalue weighted by Gasteiger charge is 2.16.